The quantitative estimate of drug-likeness (QED) is 0.865. The SMILES string of the molecule is COc1ccc(C)cc1CNc1ccccc1OC(F)F. The molecule has 0 heterocycles. The van der Waals surface area contributed by atoms with Gasteiger partial charge in [-0.15, -0.1) is 0 Å². The zero-order valence-corrected chi connectivity index (χ0v) is 11.9. The molecule has 0 aromatic heterocycles. The topological polar surface area (TPSA) is 30.5 Å². The van der Waals surface area contributed by atoms with E-state index < -0.39 is 6.61 Å². The molecule has 112 valence electrons. The van der Waals surface area contributed by atoms with Crippen LogP contribution < -0.4 is 14.8 Å². The fourth-order valence-electron chi connectivity index (χ4n) is 2.05. The van der Waals surface area contributed by atoms with Crippen molar-refractivity contribution in [2.45, 2.75) is 20.1 Å². The number of para-hydroxylation sites is 2. The zero-order chi connectivity index (χ0) is 15.2. The van der Waals surface area contributed by atoms with Crippen molar-refractivity contribution in [2.24, 2.45) is 0 Å². The fraction of sp³-hybridized carbons (Fsp3) is 0.250. The average Bonchev–Trinajstić information content (AvgIpc) is 2.46. The molecule has 0 amide bonds. The van der Waals surface area contributed by atoms with Crippen LogP contribution in [0, 0.1) is 6.92 Å². The van der Waals surface area contributed by atoms with Crippen LogP contribution in [0.3, 0.4) is 0 Å². The number of alkyl halides is 2. The summed E-state index contributed by atoms with van der Waals surface area (Å²) in [4.78, 5) is 0. The second-order valence-corrected chi connectivity index (χ2v) is 4.54. The van der Waals surface area contributed by atoms with E-state index in [4.69, 9.17) is 4.74 Å². The third-order valence-electron chi connectivity index (χ3n) is 3.01. The summed E-state index contributed by atoms with van der Waals surface area (Å²) >= 11 is 0. The molecule has 0 bridgehead atoms. The number of anilines is 1. The highest BCUT2D eigenvalue weighted by Gasteiger charge is 2.10. The molecule has 3 nitrogen and oxygen atoms in total. The summed E-state index contributed by atoms with van der Waals surface area (Å²) in [7, 11) is 1.60. The number of nitrogens with one attached hydrogen (secondary N) is 1. The molecule has 0 aliphatic heterocycles. The summed E-state index contributed by atoms with van der Waals surface area (Å²) in [5, 5.41) is 3.10. The number of benzene rings is 2. The van der Waals surface area contributed by atoms with Crippen LogP contribution in [0.15, 0.2) is 42.5 Å². The molecule has 0 radical (unpaired) electrons. The maximum absolute atomic E-state index is 12.4. The van der Waals surface area contributed by atoms with Crippen LogP contribution in [0.25, 0.3) is 0 Å². The minimum absolute atomic E-state index is 0.124. The Bertz CT molecular complexity index is 603. The van der Waals surface area contributed by atoms with Crippen molar-refractivity contribution in [2.75, 3.05) is 12.4 Å². The normalized spacial score (nSPS) is 10.5. The van der Waals surface area contributed by atoms with E-state index in [1.165, 1.54) is 6.07 Å². The second kappa shape index (κ2) is 6.92. The first-order chi connectivity index (χ1) is 10.1. The molecule has 5 heteroatoms. The highest BCUT2D eigenvalue weighted by Crippen LogP contribution is 2.27. The van der Waals surface area contributed by atoms with Crippen LogP contribution in [-0.4, -0.2) is 13.7 Å². The largest absolute Gasteiger partial charge is 0.496 e. The zero-order valence-electron chi connectivity index (χ0n) is 11.9. The summed E-state index contributed by atoms with van der Waals surface area (Å²) in [5.41, 5.74) is 2.57. The van der Waals surface area contributed by atoms with Gasteiger partial charge in [0.05, 0.1) is 12.8 Å². The summed E-state index contributed by atoms with van der Waals surface area (Å²) in [6.07, 6.45) is 0. The highest BCUT2D eigenvalue weighted by atomic mass is 19.3. The van der Waals surface area contributed by atoms with E-state index >= 15 is 0 Å². The van der Waals surface area contributed by atoms with Crippen LogP contribution in [0.5, 0.6) is 11.5 Å². The molecule has 0 aliphatic rings. The van der Waals surface area contributed by atoms with Crippen molar-refractivity contribution in [3.63, 3.8) is 0 Å². The predicted molar refractivity (Wildman–Crippen MR) is 78.1 cm³/mol. The predicted octanol–water partition coefficient (Wildman–Crippen LogP) is 4.22. The van der Waals surface area contributed by atoms with Crippen LogP contribution in [0.1, 0.15) is 11.1 Å². The Labute approximate surface area is 122 Å². The molecule has 0 atom stereocenters. The van der Waals surface area contributed by atoms with E-state index in [1.54, 1.807) is 25.3 Å². The molecular weight excluding hydrogens is 276 g/mol. The van der Waals surface area contributed by atoms with Crippen molar-refractivity contribution >= 4 is 5.69 Å². The fourth-order valence-corrected chi connectivity index (χ4v) is 2.05. The minimum atomic E-state index is -2.85. The van der Waals surface area contributed by atoms with E-state index in [0.717, 1.165) is 16.9 Å². The number of ether oxygens (including phenoxy) is 2. The van der Waals surface area contributed by atoms with Gasteiger partial charge in [-0.3, -0.25) is 0 Å². The second-order valence-electron chi connectivity index (χ2n) is 4.54. The third-order valence-corrected chi connectivity index (χ3v) is 3.01. The van der Waals surface area contributed by atoms with E-state index in [1.807, 2.05) is 25.1 Å². The number of hydrogen-bond acceptors (Lipinski definition) is 3. The Kier molecular flexibility index (Phi) is 4.98. The van der Waals surface area contributed by atoms with Crippen LogP contribution in [0.4, 0.5) is 14.5 Å². The maximum atomic E-state index is 12.4. The van der Waals surface area contributed by atoms with E-state index in [9.17, 15) is 8.78 Å². The Balaban J connectivity index is 2.15. The first kappa shape index (κ1) is 15.1. The summed E-state index contributed by atoms with van der Waals surface area (Å²) < 4.78 is 34.5. The van der Waals surface area contributed by atoms with Gasteiger partial charge in [0.1, 0.15) is 11.5 Å². The van der Waals surface area contributed by atoms with Crippen molar-refractivity contribution in [3.05, 3.63) is 53.6 Å². The number of halogens is 2. The van der Waals surface area contributed by atoms with Gasteiger partial charge in [0.15, 0.2) is 0 Å². The van der Waals surface area contributed by atoms with Crippen molar-refractivity contribution in [3.8, 4) is 11.5 Å². The number of rotatable bonds is 6. The van der Waals surface area contributed by atoms with E-state index in [0.29, 0.717) is 12.2 Å². The molecule has 2 aromatic rings. The number of aryl methyl sites for hydroxylation is 1. The lowest BCUT2D eigenvalue weighted by Gasteiger charge is -2.14. The third kappa shape index (κ3) is 4.08. The molecule has 0 spiro atoms. The van der Waals surface area contributed by atoms with Crippen LogP contribution >= 0.6 is 0 Å². The lowest BCUT2D eigenvalue weighted by Crippen LogP contribution is -2.07. The molecule has 0 unspecified atom stereocenters. The van der Waals surface area contributed by atoms with Gasteiger partial charge in [0.2, 0.25) is 0 Å². The van der Waals surface area contributed by atoms with Gasteiger partial charge in [-0.25, -0.2) is 0 Å². The molecule has 0 fully saturated rings. The number of methoxy groups -OCH3 is 1. The van der Waals surface area contributed by atoms with Crippen LogP contribution in [0.2, 0.25) is 0 Å². The lowest BCUT2D eigenvalue weighted by atomic mass is 10.1. The smallest absolute Gasteiger partial charge is 0.387 e. The summed E-state index contributed by atoms with van der Waals surface area (Å²) in [6, 6.07) is 12.4. The Morgan fingerprint density at radius 3 is 2.57 bits per heavy atom. The molecule has 1 N–H and O–H groups in total. The highest BCUT2D eigenvalue weighted by molar-refractivity contribution is 5.57. The summed E-state index contributed by atoms with van der Waals surface area (Å²) in [5.74, 6) is 0.875. The van der Waals surface area contributed by atoms with Gasteiger partial charge in [0, 0.05) is 12.1 Å². The van der Waals surface area contributed by atoms with Gasteiger partial charge in [-0.2, -0.15) is 8.78 Å². The molecule has 21 heavy (non-hydrogen) atoms. The first-order valence-electron chi connectivity index (χ1n) is 6.51. The molecule has 2 aromatic carbocycles. The molecule has 0 saturated heterocycles. The average molecular weight is 293 g/mol. The molecule has 2 rings (SSSR count). The van der Waals surface area contributed by atoms with Crippen molar-refractivity contribution in [1.29, 1.82) is 0 Å². The van der Waals surface area contributed by atoms with Gasteiger partial charge >= 0.3 is 6.61 Å². The number of hydrogen-bond donors (Lipinski definition) is 1. The lowest BCUT2D eigenvalue weighted by molar-refractivity contribution is -0.0493. The molecule has 0 saturated carbocycles. The minimum Gasteiger partial charge on any atom is -0.496 e. The molecule has 0 aliphatic carbocycles. The Morgan fingerprint density at radius 2 is 1.86 bits per heavy atom. The first-order valence-corrected chi connectivity index (χ1v) is 6.51. The van der Waals surface area contributed by atoms with Crippen LogP contribution in [-0.2, 0) is 6.54 Å². The summed E-state index contributed by atoms with van der Waals surface area (Å²) in [6.45, 7) is -0.410. The van der Waals surface area contributed by atoms with Gasteiger partial charge in [-0.1, -0.05) is 29.8 Å². The Hall–Kier alpha value is -2.30. The van der Waals surface area contributed by atoms with Crippen molar-refractivity contribution < 1.29 is 18.3 Å². The standard InChI is InChI=1S/C16H17F2NO2/c1-11-7-8-14(20-2)12(9-11)10-19-13-5-3-4-6-15(13)21-16(17)18/h3-9,16,19H,10H2,1-2H3. The van der Waals surface area contributed by atoms with E-state index in [-0.39, 0.29) is 5.75 Å². The van der Waals surface area contributed by atoms with Gasteiger partial charge in [-0.05, 0) is 25.1 Å². The monoisotopic (exact) mass is 293 g/mol. The Morgan fingerprint density at radius 1 is 1.10 bits per heavy atom. The van der Waals surface area contributed by atoms with Crippen molar-refractivity contribution in [1.82, 2.24) is 0 Å². The molecular formula is C16H17F2NO2. The van der Waals surface area contributed by atoms with E-state index in [2.05, 4.69) is 10.1 Å². The maximum Gasteiger partial charge on any atom is 0.387 e. The van der Waals surface area contributed by atoms with Gasteiger partial charge < -0.3 is 14.8 Å². The van der Waals surface area contributed by atoms with Gasteiger partial charge in [0.25, 0.3) is 0 Å².